The molecule has 124 valence electrons. The fourth-order valence-electron chi connectivity index (χ4n) is 4.13. The standard InChI is InChI=1S/C23H16N2O/c1-3-7-18-15(5-1)9-10-17-13-23(25-21(17)18)14-24-22-19-8-4-2-6-16(19)11-12-20(22)26-23/h1-12,14,25H,13H2/t23-/m0/s1. The van der Waals surface area contributed by atoms with Gasteiger partial charge in [0, 0.05) is 22.9 Å². The lowest BCUT2D eigenvalue weighted by atomic mass is 10.0. The summed E-state index contributed by atoms with van der Waals surface area (Å²) in [6.07, 6.45) is 2.69. The Labute approximate surface area is 150 Å². The molecule has 2 aliphatic rings. The summed E-state index contributed by atoms with van der Waals surface area (Å²) < 4.78 is 6.46. The summed E-state index contributed by atoms with van der Waals surface area (Å²) in [6.45, 7) is 0. The predicted molar refractivity (Wildman–Crippen MR) is 107 cm³/mol. The van der Waals surface area contributed by atoms with Crippen molar-refractivity contribution < 1.29 is 4.74 Å². The summed E-state index contributed by atoms with van der Waals surface area (Å²) in [6, 6.07) is 25.2. The van der Waals surface area contributed by atoms with Gasteiger partial charge in [0.1, 0.15) is 11.4 Å². The Hall–Kier alpha value is -3.33. The molecule has 1 spiro atoms. The maximum Gasteiger partial charge on any atom is 0.221 e. The smallest absolute Gasteiger partial charge is 0.221 e. The molecule has 3 nitrogen and oxygen atoms in total. The van der Waals surface area contributed by atoms with Gasteiger partial charge in [-0.05, 0) is 22.4 Å². The summed E-state index contributed by atoms with van der Waals surface area (Å²) in [5.74, 6) is 0.829. The van der Waals surface area contributed by atoms with Crippen molar-refractivity contribution >= 4 is 39.1 Å². The van der Waals surface area contributed by atoms with E-state index in [0.717, 1.165) is 28.9 Å². The number of hydrogen-bond donors (Lipinski definition) is 1. The second kappa shape index (κ2) is 4.85. The van der Waals surface area contributed by atoms with Crippen LogP contribution in [0.25, 0.3) is 21.5 Å². The van der Waals surface area contributed by atoms with E-state index in [1.165, 1.54) is 21.7 Å². The molecule has 2 heterocycles. The first-order valence-corrected chi connectivity index (χ1v) is 8.86. The first-order chi connectivity index (χ1) is 12.8. The van der Waals surface area contributed by atoms with E-state index in [0.29, 0.717) is 0 Å². The van der Waals surface area contributed by atoms with Crippen LogP contribution in [-0.4, -0.2) is 11.9 Å². The topological polar surface area (TPSA) is 33.6 Å². The number of rotatable bonds is 0. The molecule has 0 unspecified atom stereocenters. The molecule has 0 aliphatic carbocycles. The highest BCUT2D eigenvalue weighted by Crippen LogP contribution is 2.45. The summed E-state index contributed by atoms with van der Waals surface area (Å²) in [7, 11) is 0. The van der Waals surface area contributed by atoms with Gasteiger partial charge in [0.05, 0.1) is 6.21 Å². The maximum absolute atomic E-state index is 6.46. The van der Waals surface area contributed by atoms with Crippen LogP contribution in [-0.2, 0) is 6.42 Å². The third-order valence-corrected chi connectivity index (χ3v) is 5.36. The van der Waals surface area contributed by atoms with E-state index in [1.807, 2.05) is 24.4 Å². The molecule has 4 aromatic carbocycles. The first kappa shape index (κ1) is 13.9. The van der Waals surface area contributed by atoms with Gasteiger partial charge in [-0.1, -0.05) is 66.7 Å². The molecular weight excluding hydrogens is 320 g/mol. The maximum atomic E-state index is 6.46. The van der Waals surface area contributed by atoms with Crippen LogP contribution in [0.1, 0.15) is 5.56 Å². The van der Waals surface area contributed by atoms with Gasteiger partial charge in [0.2, 0.25) is 5.72 Å². The van der Waals surface area contributed by atoms with E-state index in [9.17, 15) is 0 Å². The van der Waals surface area contributed by atoms with Crippen LogP contribution in [0.2, 0.25) is 0 Å². The molecule has 0 radical (unpaired) electrons. The zero-order chi connectivity index (χ0) is 17.1. The molecular formula is C23H16N2O. The Bertz CT molecular complexity index is 1230. The Morgan fingerprint density at radius 2 is 1.54 bits per heavy atom. The van der Waals surface area contributed by atoms with Crippen molar-refractivity contribution in [3.63, 3.8) is 0 Å². The van der Waals surface area contributed by atoms with Crippen LogP contribution < -0.4 is 10.1 Å². The highest BCUT2D eigenvalue weighted by molar-refractivity contribution is 6.02. The Balaban J connectivity index is 1.47. The SMILES string of the molecule is C1=Nc2c(ccc3ccccc23)O[C@@]12Cc1ccc3ccccc3c1N2. The van der Waals surface area contributed by atoms with Gasteiger partial charge in [-0.3, -0.25) is 4.99 Å². The number of aliphatic imine (C=N–C) groups is 1. The van der Waals surface area contributed by atoms with Gasteiger partial charge < -0.3 is 10.1 Å². The van der Waals surface area contributed by atoms with Crippen LogP contribution in [0, 0.1) is 0 Å². The number of anilines is 1. The normalized spacial score (nSPS) is 20.0. The lowest BCUT2D eigenvalue weighted by Crippen LogP contribution is -2.45. The average Bonchev–Trinajstić information content (AvgIpc) is 3.05. The van der Waals surface area contributed by atoms with Crippen LogP contribution in [0.15, 0.2) is 77.8 Å². The highest BCUT2D eigenvalue weighted by Gasteiger charge is 2.41. The van der Waals surface area contributed by atoms with Crippen LogP contribution in [0.5, 0.6) is 5.75 Å². The predicted octanol–water partition coefficient (Wildman–Crippen LogP) is 5.45. The molecule has 4 aromatic rings. The quantitative estimate of drug-likeness (QED) is 0.463. The average molecular weight is 336 g/mol. The van der Waals surface area contributed by atoms with Gasteiger partial charge in [-0.25, -0.2) is 0 Å². The molecule has 1 N–H and O–H groups in total. The molecule has 2 aliphatic heterocycles. The van der Waals surface area contributed by atoms with Crippen LogP contribution >= 0.6 is 0 Å². The van der Waals surface area contributed by atoms with Crippen molar-refractivity contribution in [1.29, 1.82) is 0 Å². The molecule has 0 fully saturated rings. The van der Waals surface area contributed by atoms with Crippen molar-refractivity contribution in [3.8, 4) is 5.75 Å². The second-order valence-electron chi connectivity index (χ2n) is 7.01. The van der Waals surface area contributed by atoms with E-state index in [2.05, 4.69) is 59.9 Å². The largest absolute Gasteiger partial charge is 0.460 e. The van der Waals surface area contributed by atoms with Crippen molar-refractivity contribution in [2.24, 2.45) is 4.99 Å². The Morgan fingerprint density at radius 3 is 2.42 bits per heavy atom. The van der Waals surface area contributed by atoms with Crippen molar-refractivity contribution in [2.45, 2.75) is 12.1 Å². The van der Waals surface area contributed by atoms with E-state index in [4.69, 9.17) is 9.73 Å². The minimum Gasteiger partial charge on any atom is -0.460 e. The first-order valence-electron chi connectivity index (χ1n) is 8.86. The van der Waals surface area contributed by atoms with Gasteiger partial charge in [-0.2, -0.15) is 0 Å². The molecule has 0 amide bonds. The van der Waals surface area contributed by atoms with Crippen LogP contribution in [0.3, 0.4) is 0 Å². The van der Waals surface area contributed by atoms with Crippen LogP contribution in [0.4, 0.5) is 11.4 Å². The Kier molecular flexibility index (Phi) is 2.60. The number of ether oxygens (including phenoxy) is 1. The second-order valence-corrected chi connectivity index (χ2v) is 7.01. The number of nitrogens with zero attached hydrogens (tertiary/aromatic N) is 1. The fraction of sp³-hybridized carbons (Fsp3) is 0.0870. The minimum atomic E-state index is -0.609. The minimum absolute atomic E-state index is 0.609. The van der Waals surface area contributed by atoms with Crippen molar-refractivity contribution in [3.05, 3.63) is 78.4 Å². The third-order valence-electron chi connectivity index (χ3n) is 5.36. The molecule has 26 heavy (non-hydrogen) atoms. The molecule has 6 rings (SSSR count). The molecule has 0 aromatic heterocycles. The molecule has 0 saturated carbocycles. The summed E-state index contributed by atoms with van der Waals surface area (Å²) >= 11 is 0. The van der Waals surface area contributed by atoms with Gasteiger partial charge in [0.15, 0.2) is 0 Å². The summed E-state index contributed by atoms with van der Waals surface area (Å²) in [4.78, 5) is 4.81. The van der Waals surface area contributed by atoms with E-state index < -0.39 is 5.72 Å². The van der Waals surface area contributed by atoms with E-state index in [-0.39, 0.29) is 0 Å². The van der Waals surface area contributed by atoms with Crippen molar-refractivity contribution in [2.75, 3.05) is 5.32 Å². The lowest BCUT2D eigenvalue weighted by Gasteiger charge is -2.31. The zero-order valence-corrected chi connectivity index (χ0v) is 14.1. The molecule has 0 saturated heterocycles. The van der Waals surface area contributed by atoms with Gasteiger partial charge in [-0.15, -0.1) is 0 Å². The van der Waals surface area contributed by atoms with Gasteiger partial charge in [0.25, 0.3) is 0 Å². The van der Waals surface area contributed by atoms with E-state index >= 15 is 0 Å². The monoisotopic (exact) mass is 336 g/mol. The van der Waals surface area contributed by atoms with Crippen molar-refractivity contribution in [1.82, 2.24) is 0 Å². The zero-order valence-electron chi connectivity index (χ0n) is 14.1. The van der Waals surface area contributed by atoms with Gasteiger partial charge >= 0.3 is 0 Å². The molecule has 0 bridgehead atoms. The number of fused-ring (bicyclic) bond motifs is 6. The number of benzene rings is 4. The molecule has 3 heteroatoms. The van der Waals surface area contributed by atoms with E-state index in [1.54, 1.807) is 0 Å². The highest BCUT2D eigenvalue weighted by atomic mass is 16.5. The third kappa shape index (κ3) is 1.85. The summed E-state index contributed by atoms with van der Waals surface area (Å²) in [5, 5.41) is 8.37. The Morgan fingerprint density at radius 1 is 0.808 bits per heavy atom. The molecule has 1 atom stereocenters. The fourth-order valence-corrected chi connectivity index (χ4v) is 4.13. The number of hydrogen-bond acceptors (Lipinski definition) is 3. The summed E-state index contributed by atoms with van der Waals surface area (Å²) in [5.41, 5.74) is 2.72. The lowest BCUT2D eigenvalue weighted by molar-refractivity contribution is 0.181. The number of nitrogens with one attached hydrogen (secondary N) is 1.